The first kappa shape index (κ1) is 21.1. The van der Waals surface area contributed by atoms with E-state index in [0.717, 1.165) is 12.8 Å². The van der Waals surface area contributed by atoms with Crippen LogP contribution in [-0.4, -0.2) is 60.3 Å². The number of aromatic nitrogens is 1. The van der Waals surface area contributed by atoms with E-state index in [4.69, 9.17) is 11.6 Å². The molecule has 2 saturated heterocycles. The summed E-state index contributed by atoms with van der Waals surface area (Å²) >= 11 is 5.90. The smallest absolute Gasteiger partial charge is 0.253 e. The van der Waals surface area contributed by atoms with Gasteiger partial charge in [-0.2, -0.15) is 0 Å². The van der Waals surface area contributed by atoms with Gasteiger partial charge in [0.25, 0.3) is 5.91 Å². The lowest BCUT2D eigenvalue weighted by Crippen LogP contribution is -2.48. The average Bonchev–Trinajstić information content (AvgIpc) is 2.80. The SMILES string of the molecule is O=C1CN(c2ccc(NC(=O)C3CCCN(C(=O)c4ccc(Cl)cc4)C3)cn2)CCN1. The molecule has 2 N–H and O–H groups in total. The minimum absolute atomic E-state index is 0.0274. The van der Waals surface area contributed by atoms with Crippen molar-refractivity contribution in [2.75, 3.05) is 42.9 Å². The Labute approximate surface area is 185 Å². The fraction of sp³-hybridized carbons (Fsp3) is 0.364. The second-order valence-electron chi connectivity index (χ2n) is 7.76. The van der Waals surface area contributed by atoms with E-state index < -0.39 is 0 Å². The Morgan fingerprint density at radius 2 is 1.94 bits per heavy atom. The number of piperazine rings is 1. The number of anilines is 2. The molecule has 0 bridgehead atoms. The summed E-state index contributed by atoms with van der Waals surface area (Å²) in [7, 11) is 0. The summed E-state index contributed by atoms with van der Waals surface area (Å²) in [6.07, 6.45) is 3.09. The Balaban J connectivity index is 1.35. The maximum Gasteiger partial charge on any atom is 0.253 e. The predicted octanol–water partition coefficient (Wildman–Crippen LogP) is 2.16. The highest BCUT2D eigenvalue weighted by molar-refractivity contribution is 6.30. The van der Waals surface area contributed by atoms with Gasteiger partial charge in [0.15, 0.2) is 0 Å². The van der Waals surface area contributed by atoms with Gasteiger partial charge in [-0.1, -0.05) is 11.6 Å². The van der Waals surface area contributed by atoms with Crippen molar-refractivity contribution >= 4 is 40.8 Å². The van der Waals surface area contributed by atoms with Gasteiger partial charge in [0.05, 0.1) is 24.3 Å². The van der Waals surface area contributed by atoms with Crippen molar-refractivity contribution in [3.8, 4) is 0 Å². The van der Waals surface area contributed by atoms with Crippen LogP contribution in [-0.2, 0) is 9.59 Å². The molecule has 1 unspecified atom stereocenters. The molecule has 8 nitrogen and oxygen atoms in total. The third-order valence-corrected chi connectivity index (χ3v) is 5.80. The van der Waals surface area contributed by atoms with Crippen molar-refractivity contribution in [3.63, 3.8) is 0 Å². The molecule has 0 saturated carbocycles. The van der Waals surface area contributed by atoms with Gasteiger partial charge >= 0.3 is 0 Å². The van der Waals surface area contributed by atoms with Crippen molar-refractivity contribution in [1.29, 1.82) is 0 Å². The molecule has 0 radical (unpaired) electrons. The number of likely N-dealkylation sites (tertiary alicyclic amines) is 1. The summed E-state index contributed by atoms with van der Waals surface area (Å²) in [4.78, 5) is 45.1. The van der Waals surface area contributed by atoms with Gasteiger partial charge in [0, 0.05) is 36.8 Å². The molecule has 2 aliphatic rings. The van der Waals surface area contributed by atoms with E-state index in [2.05, 4.69) is 15.6 Å². The number of piperidine rings is 1. The number of hydrogen-bond acceptors (Lipinski definition) is 5. The number of benzene rings is 1. The van der Waals surface area contributed by atoms with Crippen molar-refractivity contribution in [1.82, 2.24) is 15.2 Å². The lowest BCUT2D eigenvalue weighted by atomic mass is 9.96. The first-order valence-corrected chi connectivity index (χ1v) is 10.7. The van der Waals surface area contributed by atoms with E-state index in [-0.39, 0.29) is 30.2 Å². The summed E-state index contributed by atoms with van der Waals surface area (Å²) in [5.74, 6) is 0.174. The van der Waals surface area contributed by atoms with E-state index in [1.54, 1.807) is 47.5 Å². The van der Waals surface area contributed by atoms with Gasteiger partial charge in [-0.3, -0.25) is 14.4 Å². The van der Waals surface area contributed by atoms with Gasteiger partial charge in [-0.05, 0) is 49.2 Å². The molecular formula is C22H24ClN5O3. The highest BCUT2D eigenvalue weighted by atomic mass is 35.5. The second kappa shape index (κ2) is 9.34. The topological polar surface area (TPSA) is 94.6 Å². The first-order chi connectivity index (χ1) is 15.0. The Morgan fingerprint density at radius 3 is 2.65 bits per heavy atom. The molecule has 2 fully saturated rings. The largest absolute Gasteiger partial charge is 0.353 e. The van der Waals surface area contributed by atoms with Crippen molar-refractivity contribution in [2.24, 2.45) is 5.92 Å². The number of carbonyl (C=O) groups is 3. The first-order valence-electron chi connectivity index (χ1n) is 10.3. The Morgan fingerprint density at radius 1 is 1.13 bits per heavy atom. The fourth-order valence-electron chi connectivity index (χ4n) is 3.88. The molecule has 0 aliphatic carbocycles. The fourth-order valence-corrected chi connectivity index (χ4v) is 4.00. The Kier molecular flexibility index (Phi) is 6.36. The normalized spacial score (nSPS) is 19.0. The van der Waals surface area contributed by atoms with Crippen LogP contribution in [0.5, 0.6) is 0 Å². The third kappa shape index (κ3) is 5.14. The minimum atomic E-state index is -0.282. The number of amides is 3. The molecule has 9 heteroatoms. The minimum Gasteiger partial charge on any atom is -0.353 e. The van der Waals surface area contributed by atoms with Crippen LogP contribution in [0.4, 0.5) is 11.5 Å². The average molecular weight is 442 g/mol. The van der Waals surface area contributed by atoms with Crippen LogP contribution in [0.1, 0.15) is 23.2 Å². The van der Waals surface area contributed by atoms with Crippen LogP contribution in [0.3, 0.4) is 0 Å². The highest BCUT2D eigenvalue weighted by Crippen LogP contribution is 2.22. The Hall–Kier alpha value is -3.13. The standard InChI is InChI=1S/C22H24ClN5O3/c23-17-5-3-15(4-6-17)22(31)28-10-1-2-16(13-28)21(30)26-18-7-8-19(25-12-18)27-11-9-24-20(29)14-27/h3-8,12,16H,1-2,9-11,13-14H2,(H,24,29)(H,26,30). The summed E-state index contributed by atoms with van der Waals surface area (Å²) in [5, 5.41) is 6.26. The number of halogens is 1. The zero-order chi connectivity index (χ0) is 21.8. The summed E-state index contributed by atoms with van der Waals surface area (Å²) in [6, 6.07) is 10.4. The van der Waals surface area contributed by atoms with E-state index in [9.17, 15) is 14.4 Å². The lowest BCUT2D eigenvalue weighted by Gasteiger charge is -2.32. The van der Waals surface area contributed by atoms with Crippen LogP contribution >= 0.6 is 11.6 Å². The van der Waals surface area contributed by atoms with Gasteiger partial charge in [0.2, 0.25) is 11.8 Å². The van der Waals surface area contributed by atoms with Gasteiger partial charge < -0.3 is 20.4 Å². The zero-order valence-electron chi connectivity index (χ0n) is 17.0. The molecule has 3 amide bonds. The molecule has 31 heavy (non-hydrogen) atoms. The maximum atomic E-state index is 12.8. The predicted molar refractivity (Wildman–Crippen MR) is 118 cm³/mol. The zero-order valence-corrected chi connectivity index (χ0v) is 17.8. The van der Waals surface area contributed by atoms with E-state index in [1.807, 2.05) is 4.90 Å². The summed E-state index contributed by atoms with van der Waals surface area (Å²) in [5.41, 5.74) is 1.16. The highest BCUT2D eigenvalue weighted by Gasteiger charge is 2.29. The molecule has 0 spiro atoms. The molecule has 2 aliphatic heterocycles. The van der Waals surface area contributed by atoms with Crippen LogP contribution in [0, 0.1) is 5.92 Å². The Bertz CT molecular complexity index is 964. The molecular weight excluding hydrogens is 418 g/mol. The lowest BCUT2D eigenvalue weighted by molar-refractivity contribution is -0.121. The third-order valence-electron chi connectivity index (χ3n) is 5.55. The summed E-state index contributed by atoms with van der Waals surface area (Å²) in [6.45, 7) is 2.57. The van der Waals surface area contributed by atoms with Crippen molar-refractivity contribution < 1.29 is 14.4 Å². The monoisotopic (exact) mass is 441 g/mol. The molecule has 1 aromatic heterocycles. The van der Waals surface area contributed by atoms with E-state index >= 15 is 0 Å². The van der Waals surface area contributed by atoms with Gasteiger partial charge in [-0.15, -0.1) is 0 Å². The van der Waals surface area contributed by atoms with Gasteiger partial charge in [0.1, 0.15) is 5.82 Å². The van der Waals surface area contributed by atoms with Crippen LogP contribution in [0.15, 0.2) is 42.6 Å². The molecule has 2 aromatic rings. The number of hydrogen-bond donors (Lipinski definition) is 2. The number of nitrogens with zero attached hydrogens (tertiary/aromatic N) is 3. The van der Waals surface area contributed by atoms with Crippen LogP contribution in [0.25, 0.3) is 0 Å². The number of carbonyl (C=O) groups excluding carboxylic acids is 3. The van der Waals surface area contributed by atoms with Crippen molar-refractivity contribution in [2.45, 2.75) is 12.8 Å². The van der Waals surface area contributed by atoms with Crippen molar-refractivity contribution in [3.05, 3.63) is 53.2 Å². The van der Waals surface area contributed by atoms with Gasteiger partial charge in [-0.25, -0.2) is 4.98 Å². The molecule has 3 heterocycles. The molecule has 4 rings (SSSR count). The number of pyridine rings is 1. The summed E-state index contributed by atoms with van der Waals surface area (Å²) < 4.78 is 0. The number of rotatable bonds is 4. The van der Waals surface area contributed by atoms with E-state index in [0.29, 0.717) is 48.3 Å². The molecule has 162 valence electrons. The van der Waals surface area contributed by atoms with Crippen LogP contribution in [0.2, 0.25) is 5.02 Å². The second-order valence-corrected chi connectivity index (χ2v) is 8.20. The maximum absolute atomic E-state index is 12.8. The quantitative estimate of drug-likeness (QED) is 0.758. The number of nitrogens with one attached hydrogen (secondary N) is 2. The van der Waals surface area contributed by atoms with E-state index in [1.165, 1.54) is 0 Å². The van der Waals surface area contributed by atoms with Crippen LogP contribution < -0.4 is 15.5 Å². The molecule has 1 aromatic carbocycles. The molecule has 1 atom stereocenters.